The van der Waals surface area contributed by atoms with Gasteiger partial charge in [0, 0.05) is 25.7 Å². The summed E-state index contributed by atoms with van der Waals surface area (Å²) in [7, 11) is 0. The number of hydrogen-bond donors (Lipinski definition) is 1. The van der Waals surface area contributed by atoms with E-state index < -0.39 is 5.54 Å². The molecular formula is C18H25N3O2S. The fourth-order valence-electron chi connectivity index (χ4n) is 4.58. The Hall–Kier alpha value is -1.40. The van der Waals surface area contributed by atoms with E-state index in [-0.39, 0.29) is 11.9 Å². The molecule has 24 heavy (non-hydrogen) atoms. The number of carbonyl (C=O) groups excluding carboxylic acids is 2. The molecule has 6 heteroatoms. The molecule has 3 fully saturated rings. The first-order valence-corrected chi connectivity index (χ1v) is 9.94. The lowest BCUT2D eigenvalue weighted by molar-refractivity contribution is -0.131. The van der Waals surface area contributed by atoms with Crippen LogP contribution >= 0.6 is 11.3 Å². The van der Waals surface area contributed by atoms with E-state index in [2.05, 4.69) is 34.0 Å². The van der Waals surface area contributed by atoms with Crippen molar-refractivity contribution in [3.8, 4) is 0 Å². The van der Waals surface area contributed by atoms with Gasteiger partial charge in [0.1, 0.15) is 5.54 Å². The number of likely N-dealkylation sites (tertiary alicyclic amines) is 1. The molecule has 2 atom stereocenters. The zero-order chi connectivity index (χ0) is 16.7. The first kappa shape index (κ1) is 16.1. The monoisotopic (exact) mass is 347 g/mol. The molecule has 1 aliphatic carbocycles. The van der Waals surface area contributed by atoms with Crippen LogP contribution in [0.5, 0.6) is 0 Å². The molecular weight excluding hydrogens is 322 g/mol. The van der Waals surface area contributed by atoms with Crippen LogP contribution in [0.2, 0.25) is 0 Å². The summed E-state index contributed by atoms with van der Waals surface area (Å²) in [5.74, 6) is 0.585. The van der Waals surface area contributed by atoms with Crippen molar-refractivity contribution in [2.24, 2.45) is 0 Å². The number of rotatable bonds is 4. The van der Waals surface area contributed by atoms with Gasteiger partial charge in [0.25, 0.3) is 5.91 Å². The first-order valence-electron chi connectivity index (χ1n) is 8.99. The molecule has 1 spiro atoms. The van der Waals surface area contributed by atoms with Crippen LogP contribution in [0.3, 0.4) is 0 Å². The van der Waals surface area contributed by atoms with Crippen LogP contribution in [0.25, 0.3) is 0 Å². The number of hydrogen-bond acceptors (Lipinski definition) is 4. The number of amides is 3. The van der Waals surface area contributed by atoms with Gasteiger partial charge in [-0.25, -0.2) is 4.79 Å². The van der Waals surface area contributed by atoms with Gasteiger partial charge in [-0.2, -0.15) is 11.3 Å². The van der Waals surface area contributed by atoms with Crippen molar-refractivity contribution < 1.29 is 9.59 Å². The lowest BCUT2D eigenvalue weighted by Gasteiger charge is -2.24. The Bertz CT molecular complexity index is 624. The van der Waals surface area contributed by atoms with Gasteiger partial charge in [-0.15, -0.1) is 0 Å². The Kier molecular flexibility index (Phi) is 4.12. The summed E-state index contributed by atoms with van der Waals surface area (Å²) in [6.07, 6.45) is 4.82. The molecule has 1 N–H and O–H groups in total. The topological polar surface area (TPSA) is 52.6 Å². The van der Waals surface area contributed by atoms with Crippen molar-refractivity contribution in [1.29, 1.82) is 0 Å². The fraction of sp³-hybridized carbons (Fsp3) is 0.667. The van der Waals surface area contributed by atoms with E-state index in [0.717, 1.165) is 45.2 Å². The molecule has 0 bridgehead atoms. The molecule has 5 nitrogen and oxygen atoms in total. The van der Waals surface area contributed by atoms with Gasteiger partial charge < -0.3 is 5.32 Å². The lowest BCUT2D eigenvalue weighted by atomic mass is 9.98. The highest BCUT2D eigenvalue weighted by Gasteiger charge is 2.52. The molecule has 1 aromatic heterocycles. The second-order valence-corrected chi connectivity index (χ2v) is 8.29. The van der Waals surface area contributed by atoms with Crippen LogP contribution in [0, 0.1) is 0 Å². The van der Waals surface area contributed by atoms with Gasteiger partial charge >= 0.3 is 6.03 Å². The SMILES string of the molecule is C[C@H]1C[C@H](c2ccsc2)CN1CCN1C(=O)NC2(CCCC2)C1=O. The molecule has 130 valence electrons. The second kappa shape index (κ2) is 6.15. The summed E-state index contributed by atoms with van der Waals surface area (Å²) in [5, 5.41) is 7.34. The van der Waals surface area contributed by atoms with Gasteiger partial charge in [-0.3, -0.25) is 14.6 Å². The average Bonchev–Trinajstić information content (AvgIpc) is 3.30. The fourth-order valence-corrected chi connectivity index (χ4v) is 5.33. The number of urea groups is 1. The Labute approximate surface area is 147 Å². The largest absolute Gasteiger partial charge is 0.325 e. The summed E-state index contributed by atoms with van der Waals surface area (Å²) >= 11 is 1.75. The predicted molar refractivity (Wildman–Crippen MR) is 94.2 cm³/mol. The van der Waals surface area contributed by atoms with Crippen molar-refractivity contribution >= 4 is 23.3 Å². The van der Waals surface area contributed by atoms with Crippen molar-refractivity contribution in [2.75, 3.05) is 19.6 Å². The van der Waals surface area contributed by atoms with Crippen LogP contribution in [0.1, 0.15) is 50.5 Å². The van der Waals surface area contributed by atoms with E-state index in [9.17, 15) is 9.59 Å². The van der Waals surface area contributed by atoms with E-state index in [4.69, 9.17) is 0 Å². The normalized spacial score (nSPS) is 29.8. The zero-order valence-electron chi connectivity index (χ0n) is 14.2. The summed E-state index contributed by atoms with van der Waals surface area (Å²) in [4.78, 5) is 28.8. The minimum atomic E-state index is -0.576. The highest BCUT2D eigenvalue weighted by molar-refractivity contribution is 7.08. The van der Waals surface area contributed by atoms with Gasteiger partial charge in [-0.05, 0) is 54.5 Å². The number of thiophene rings is 1. The highest BCUT2D eigenvalue weighted by atomic mass is 32.1. The molecule has 2 aliphatic heterocycles. The molecule has 1 saturated carbocycles. The summed E-state index contributed by atoms with van der Waals surface area (Å²) in [6, 6.07) is 2.52. The Balaban J connectivity index is 1.37. The van der Waals surface area contributed by atoms with Crippen LogP contribution < -0.4 is 5.32 Å². The van der Waals surface area contributed by atoms with E-state index in [0.29, 0.717) is 18.5 Å². The molecule has 3 amide bonds. The Morgan fingerprint density at radius 3 is 2.79 bits per heavy atom. The molecule has 0 aromatic carbocycles. The average molecular weight is 347 g/mol. The van der Waals surface area contributed by atoms with Gasteiger partial charge in [-0.1, -0.05) is 12.8 Å². The molecule has 1 aromatic rings. The summed E-state index contributed by atoms with van der Waals surface area (Å²) < 4.78 is 0. The Morgan fingerprint density at radius 1 is 1.29 bits per heavy atom. The third-order valence-electron chi connectivity index (χ3n) is 6.03. The molecule has 3 aliphatic rings. The van der Waals surface area contributed by atoms with Crippen molar-refractivity contribution in [2.45, 2.75) is 56.5 Å². The number of imide groups is 1. The third-order valence-corrected chi connectivity index (χ3v) is 6.73. The van der Waals surface area contributed by atoms with Gasteiger partial charge in [0.05, 0.1) is 0 Å². The van der Waals surface area contributed by atoms with Crippen molar-refractivity contribution in [3.63, 3.8) is 0 Å². The number of carbonyl (C=O) groups is 2. The van der Waals surface area contributed by atoms with Crippen LogP contribution in [-0.4, -0.2) is 53.0 Å². The van der Waals surface area contributed by atoms with Gasteiger partial charge in [0.15, 0.2) is 0 Å². The molecule has 3 heterocycles. The molecule has 0 radical (unpaired) electrons. The number of nitrogens with zero attached hydrogens (tertiary/aromatic N) is 2. The van der Waals surface area contributed by atoms with E-state index >= 15 is 0 Å². The smallest absolute Gasteiger partial charge is 0.323 e. The predicted octanol–water partition coefficient (Wildman–Crippen LogP) is 2.79. The van der Waals surface area contributed by atoms with E-state index in [1.54, 1.807) is 11.3 Å². The molecule has 0 unspecified atom stereocenters. The lowest BCUT2D eigenvalue weighted by Crippen LogP contribution is -2.45. The maximum atomic E-state index is 12.7. The zero-order valence-corrected chi connectivity index (χ0v) is 15.0. The Morgan fingerprint density at radius 2 is 2.08 bits per heavy atom. The number of nitrogens with one attached hydrogen (secondary N) is 1. The third kappa shape index (κ3) is 2.65. The van der Waals surface area contributed by atoms with Crippen LogP contribution in [0.4, 0.5) is 4.79 Å². The van der Waals surface area contributed by atoms with Crippen molar-refractivity contribution in [3.05, 3.63) is 22.4 Å². The van der Waals surface area contributed by atoms with E-state index in [1.807, 2.05) is 0 Å². The highest BCUT2D eigenvalue weighted by Crippen LogP contribution is 2.36. The molecule has 2 saturated heterocycles. The first-order chi connectivity index (χ1) is 11.6. The minimum Gasteiger partial charge on any atom is -0.323 e. The maximum Gasteiger partial charge on any atom is 0.325 e. The van der Waals surface area contributed by atoms with Crippen molar-refractivity contribution in [1.82, 2.24) is 15.1 Å². The van der Waals surface area contributed by atoms with Crippen LogP contribution in [-0.2, 0) is 4.79 Å². The second-order valence-electron chi connectivity index (χ2n) is 7.51. The summed E-state index contributed by atoms with van der Waals surface area (Å²) in [5.41, 5.74) is 0.849. The maximum absolute atomic E-state index is 12.7. The van der Waals surface area contributed by atoms with E-state index in [1.165, 1.54) is 10.5 Å². The quantitative estimate of drug-likeness (QED) is 0.852. The minimum absolute atomic E-state index is 0.00577. The molecule has 4 rings (SSSR count). The van der Waals surface area contributed by atoms with Gasteiger partial charge in [0.2, 0.25) is 0 Å². The van der Waals surface area contributed by atoms with Crippen LogP contribution in [0.15, 0.2) is 16.8 Å². The standard InChI is InChI=1S/C18H25N3O2S/c1-13-10-15(14-4-9-24-12-14)11-20(13)7-8-21-16(22)18(19-17(21)23)5-2-3-6-18/h4,9,12-13,15H,2-3,5-8,10-11H2,1H3,(H,19,23)/t13-,15-/m0/s1. The summed E-state index contributed by atoms with van der Waals surface area (Å²) in [6.45, 7) is 4.55.